The maximum absolute atomic E-state index is 10.4. The second kappa shape index (κ2) is 7.51. The van der Waals surface area contributed by atoms with Crippen molar-refractivity contribution in [1.29, 1.82) is 0 Å². The van der Waals surface area contributed by atoms with Crippen molar-refractivity contribution in [3.63, 3.8) is 0 Å². The highest BCUT2D eigenvalue weighted by Crippen LogP contribution is 2.40. The van der Waals surface area contributed by atoms with Crippen LogP contribution in [0.3, 0.4) is 0 Å². The molecule has 1 N–H and O–H groups in total. The Hall–Kier alpha value is -1.68. The van der Waals surface area contributed by atoms with Crippen LogP contribution in [0.25, 0.3) is 0 Å². The molecule has 0 saturated heterocycles. The summed E-state index contributed by atoms with van der Waals surface area (Å²) in [5.41, 5.74) is 0. The lowest BCUT2D eigenvalue weighted by molar-refractivity contribution is 0.133. The van der Waals surface area contributed by atoms with E-state index in [-0.39, 0.29) is 23.2 Å². The third-order valence-electron chi connectivity index (χ3n) is 5.60. The summed E-state index contributed by atoms with van der Waals surface area (Å²) in [5, 5.41) is 12.9. The van der Waals surface area contributed by atoms with Gasteiger partial charge in [0.1, 0.15) is 0 Å². The zero-order valence-electron chi connectivity index (χ0n) is 16.1. The summed E-state index contributed by atoms with van der Waals surface area (Å²) >= 11 is 0. The lowest BCUT2D eigenvalue weighted by Crippen LogP contribution is -2.67. The van der Waals surface area contributed by atoms with Crippen molar-refractivity contribution in [2.24, 2.45) is 5.92 Å². The Morgan fingerprint density at radius 1 is 0.962 bits per heavy atom. The molecule has 2 aromatic carbocycles. The molecule has 0 amide bonds. The summed E-state index contributed by atoms with van der Waals surface area (Å²) in [5.74, 6) is 0.123. The fourth-order valence-electron chi connectivity index (χ4n) is 4.29. The first-order valence-corrected chi connectivity index (χ1v) is 11.4. The molecule has 1 aliphatic carbocycles. The van der Waals surface area contributed by atoms with Gasteiger partial charge in [-0.3, -0.25) is 0 Å². The Bertz CT molecular complexity index is 681. The minimum Gasteiger partial charge on any atom is -0.404 e. The summed E-state index contributed by atoms with van der Waals surface area (Å²) in [6.45, 7) is 10.7. The number of rotatable bonds is 5. The summed E-state index contributed by atoms with van der Waals surface area (Å²) in [7, 11) is -2.53. The number of aliphatic hydroxyl groups excluding tert-OH is 1. The van der Waals surface area contributed by atoms with Gasteiger partial charge in [-0.25, -0.2) is 0 Å². The SMILES string of the molecule is C=CC1CC(O[Si](c2ccccc2)(c2ccccc2)C(C)(C)C)CC1O. The Balaban J connectivity index is 2.11. The van der Waals surface area contributed by atoms with E-state index in [4.69, 9.17) is 4.43 Å². The van der Waals surface area contributed by atoms with Gasteiger partial charge >= 0.3 is 0 Å². The van der Waals surface area contributed by atoms with Crippen molar-refractivity contribution in [3.8, 4) is 0 Å². The van der Waals surface area contributed by atoms with Crippen LogP contribution in [0.5, 0.6) is 0 Å². The molecule has 3 atom stereocenters. The van der Waals surface area contributed by atoms with Gasteiger partial charge in [-0.2, -0.15) is 0 Å². The molecule has 2 nitrogen and oxygen atoms in total. The van der Waals surface area contributed by atoms with Gasteiger partial charge < -0.3 is 9.53 Å². The van der Waals surface area contributed by atoms with Crippen LogP contribution in [-0.2, 0) is 4.43 Å². The molecule has 3 rings (SSSR count). The fourth-order valence-corrected chi connectivity index (χ4v) is 9.00. The normalized spacial score (nSPS) is 23.8. The number of hydrogen-bond acceptors (Lipinski definition) is 2. The zero-order chi connectivity index (χ0) is 18.8. The molecule has 138 valence electrons. The maximum atomic E-state index is 10.4. The van der Waals surface area contributed by atoms with Crippen molar-refractivity contribution in [1.82, 2.24) is 0 Å². The molecule has 0 bridgehead atoms. The second-order valence-corrected chi connectivity index (χ2v) is 12.6. The van der Waals surface area contributed by atoms with Crippen LogP contribution < -0.4 is 10.4 Å². The van der Waals surface area contributed by atoms with Crippen LogP contribution in [0, 0.1) is 5.92 Å². The van der Waals surface area contributed by atoms with E-state index in [1.165, 1.54) is 10.4 Å². The van der Waals surface area contributed by atoms with Gasteiger partial charge in [-0.1, -0.05) is 87.5 Å². The second-order valence-electron chi connectivity index (χ2n) is 8.34. The van der Waals surface area contributed by atoms with Crippen molar-refractivity contribution in [2.45, 2.75) is 50.9 Å². The molecule has 0 aliphatic heterocycles. The minimum absolute atomic E-state index is 0.0348. The monoisotopic (exact) mass is 366 g/mol. The standard InChI is InChI=1S/C23H30O2Si/c1-5-18-16-19(17-22(18)24)25-26(23(2,3)4,20-12-8-6-9-13-20)21-14-10-7-11-15-21/h5-15,18-19,22,24H,1,16-17H2,2-4H3. The average molecular weight is 367 g/mol. The highest BCUT2D eigenvalue weighted by atomic mass is 28.4. The fraction of sp³-hybridized carbons (Fsp3) is 0.391. The third kappa shape index (κ3) is 3.44. The molecule has 2 aromatic rings. The first kappa shape index (κ1) is 19.1. The van der Waals surface area contributed by atoms with Gasteiger partial charge in [0.2, 0.25) is 0 Å². The van der Waals surface area contributed by atoms with Gasteiger partial charge in [-0.05, 0) is 28.3 Å². The van der Waals surface area contributed by atoms with Gasteiger partial charge in [0.15, 0.2) is 0 Å². The van der Waals surface area contributed by atoms with Gasteiger partial charge in [0.05, 0.1) is 6.10 Å². The molecule has 0 spiro atoms. The first-order chi connectivity index (χ1) is 12.4. The Labute approximate surface area is 158 Å². The third-order valence-corrected chi connectivity index (χ3v) is 10.7. The lowest BCUT2D eigenvalue weighted by atomic mass is 10.1. The van der Waals surface area contributed by atoms with Crippen LogP contribution in [0.4, 0.5) is 0 Å². The van der Waals surface area contributed by atoms with E-state index in [0.717, 1.165) is 6.42 Å². The molecule has 1 fully saturated rings. The molecular formula is C23H30O2Si. The molecule has 1 saturated carbocycles. The van der Waals surface area contributed by atoms with E-state index in [9.17, 15) is 5.11 Å². The van der Waals surface area contributed by atoms with Crippen LogP contribution in [0.1, 0.15) is 33.6 Å². The molecule has 1 aliphatic rings. The minimum atomic E-state index is -2.53. The maximum Gasteiger partial charge on any atom is 0.261 e. The number of benzene rings is 2. The van der Waals surface area contributed by atoms with E-state index in [0.29, 0.717) is 6.42 Å². The van der Waals surface area contributed by atoms with Crippen molar-refractivity contribution < 1.29 is 9.53 Å². The lowest BCUT2D eigenvalue weighted by Gasteiger charge is -2.44. The van der Waals surface area contributed by atoms with Crippen molar-refractivity contribution >= 4 is 18.7 Å². The van der Waals surface area contributed by atoms with Gasteiger partial charge in [0.25, 0.3) is 8.32 Å². The van der Waals surface area contributed by atoms with E-state index in [1.807, 2.05) is 6.08 Å². The highest BCUT2D eigenvalue weighted by Gasteiger charge is 2.52. The molecule has 0 radical (unpaired) electrons. The molecule has 0 heterocycles. The molecule has 26 heavy (non-hydrogen) atoms. The first-order valence-electron chi connectivity index (χ1n) is 9.48. The van der Waals surface area contributed by atoms with Crippen molar-refractivity contribution in [3.05, 3.63) is 73.3 Å². The van der Waals surface area contributed by atoms with E-state index < -0.39 is 8.32 Å². The van der Waals surface area contributed by atoms with Crippen LogP contribution >= 0.6 is 0 Å². The van der Waals surface area contributed by atoms with Crippen LogP contribution in [-0.4, -0.2) is 25.6 Å². The number of aliphatic hydroxyl groups is 1. The smallest absolute Gasteiger partial charge is 0.261 e. The average Bonchev–Trinajstić information content (AvgIpc) is 2.99. The molecule has 3 unspecified atom stereocenters. The Kier molecular flexibility index (Phi) is 5.52. The largest absolute Gasteiger partial charge is 0.404 e. The van der Waals surface area contributed by atoms with E-state index in [2.05, 4.69) is 88.0 Å². The number of hydrogen-bond donors (Lipinski definition) is 1. The topological polar surface area (TPSA) is 29.5 Å². The van der Waals surface area contributed by atoms with E-state index in [1.54, 1.807) is 0 Å². The molecular weight excluding hydrogens is 336 g/mol. The predicted molar refractivity (Wildman–Crippen MR) is 111 cm³/mol. The summed E-state index contributed by atoms with van der Waals surface area (Å²) in [4.78, 5) is 0. The summed E-state index contributed by atoms with van der Waals surface area (Å²) in [6, 6.07) is 21.4. The Morgan fingerprint density at radius 2 is 1.46 bits per heavy atom. The molecule has 0 aromatic heterocycles. The van der Waals surface area contributed by atoms with Crippen LogP contribution in [0.15, 0.2) is 73.3 Å². The van der Waals surface area contributed by atoms with Gasteiger partial charge in [-0.15, -0.1) is 6.58 Å². The highest BCUT2D eigenvalue weighted by molar-refractivity contribution is 6.99. The zero-order valence-corrected chi connectivity index (χ0v) is 17.1. The van der Waals surface area contributed by atoms with Crippen molar-refractivity contribution in [2.75, 3.05) is 0 Å². The van der Waals surface area contributed by atoms with E-state index >= 15 is 0 Å². The van der Waals surface area contributed by atoms with Gasteiger partial charge in [0, 0.05) is 12.0 Å². The Morgan fingerprint density at radius 3 is 1.85 bits per heavy atom. The summed E-state index contributed by atoms with van der Waals surface area (Å²) in [6.07, 6.45) is 3.10. The molecule has 3 heteroatoms. The van der Waals surface area contributed by atoms with Crippen LogP contribution in [0.2, 0.25) is 5.04 Å². The predicted octanol–water partition coefficient (Wildman–Crippen LogP) is 3.89. The quantitative estimate of drug-likeness (QED) is 0.643. The summed E-state index contributed by atoms with van der Waals surface area (Å²) < 4.78 is 7.07.